The molecule has 5 aromatic rings. The molecule has 4 aromatic heterocycles. The molecule has 0 saturated heterocycles. The lowest BCUT2D eigenvalue weighted by Gasteiger charge is -2.13. The summed E-state index contributed by atoms with van der Waals surface area (Å²) in [6.07, 6.45) is 7.10. The lowest BCUT2D eigenvalue weighted by Crippen LogP contribution is -2.13. The third-order valence-electron chi connectivity index (χ3n) is 5.53. The second kappa shape index (κ2) is 9.46. The first-order valence-electron chi connectivity index (χ1n) is 10.9. The number of anilines is 1. The molecule has 10 heteroatoms. The van der Waals surface area contributed by atoms with Gasteiger partial charge in [-0.15, -0.1) is 16.4 Å². The fourth-order valence-corrected chi connectivity index (χ4v) is 5.24. The number of hydrogen-bond acceptors (Lipinski definition) is 8. The van der Waals surface area contributed by atoms with Gasteiger partial charge in [-0.2, -0.15) is 0 Å². The van der Waals surface area contributed by atoms with Crippen LogP contribution in [0.4, 0.5) is 5.95 Å². The Bertz CT molecular complexity index is 1450. The molecule has 0 fully saturated rings. The molecule has 3 N–H and O–H groups in total. The van der Waals surface area contributed by atoms with E-state index in [0.717, 1.165) is 42.9 Å². The van der Waals surface area contributed by atoms with Gasteiger partial charge in [-0.25, -0.2) is 15.0 Å². The molecule has 0 saturated carbocycles. The van der Waals surface area contributed by atoms with E-state index in [0.29, 0.717) is 24.2 Å². The van der Waals surface area contributed by atoms with Crippen LogP contribution in [0.15, 0.2) is 55.1 Å². The maximum Gasteiger partial charge on any atom is 0.223 e. The van der Waals surface area contributed by atoms with E-state index in [-0.39, 0.29) is 6.04 Å². The summed E-state index contributed by atoms with van der Waals surface area (Å²) in [4.78, 5) is 14.6. The Labute approximate surface area is 205 Å². The second-order valence-corrected chi connectivity index (χ2v) is 9.48. The van der Waals surface area contributed by atoms with Crippen LogP contribution in [0.2, 0.25) is 5.15 Å². The number of benzene rings is 1. The molecule has 8 nitrogen and oxygen atoms in total. The van der Waals surface area contributed by atoms with E-state index < -0.39 is 0 Å². The van der Waals surface area contributed by atoms with Gasteiger partial charge in [0.2, 0.25) is 5.95 Å². The van der Waals surface area contributed by atoms with Crippen molar-refractivity contribution in [2.45, 2.75) is 26.4 Å². The zero-order valence-electron chi connectivity index (χ0n) is 18.7. The predicted octanol–water partition coefficient (Wildman–Crippen LogP) is 5.11. The van der Waals surface area contributed by atoms with Crippen molar-refractivity contribution in [1.29, 1.82) is 0 Å². The summed E-state index contributed by atoms with van der Waals surface area (Å²) >= 11 is 7.95. The van der Waals surface area contributed by atoms with Crippen molar-refractivity contribution in [3.8, 4) is 21.7 Å². The summed E-state index contributed by atoms with van der Waals surface area (Å²) in [5.74, 6) is 0.582. The van der Waals surface area contributed by atoms with Crippen LogP contribution in [0.5, 0.6) is 0 Å². The summed E-state index contributed by atoms with van der Waals surface area (Å²) in [5, 5.41) is 12.7. The van der Waals surface area contributed by atoms with Gasteiger partial charge in [0.25, 0.3) is 0 Å². The maximum atomic E-state index is 6.25. The highest BCUT2D eigenvalue weighted by Crippen LogP contribution is 2.41. The van der Waals surface area contributed by atoms with Gasteiger partial charge in [-0.3, -0.25) is 4.68 Å². The van der Waals surface area contributed by atoms with E-state index in [2.05, 4.69) is 49.9 Å². The zero-order valence-corrected chi connectivity index (χ0v) is 20.3. The summed E-state index contributed by atoms with van der Waals surface area (Å²) in [6.45, 7) is 5.30. The SMILES string of the molecule is Cc1cnc(NCCn2ccnn2)nc1-c1cc2cccc(-c3cc(Cl)ncc3C(C)N)c2s1. The molecule has 4 heterocycles. The standard InChI is InChI=1S/C24H23ClN8S/c1-14-12-29-24(27-6-8-33-9-7-30-32-33)31-22(14)20-10-16-4-3-5-17(23(16)34-20)18-11-21(25)28-13-19(18)15(2)26/h3-5,7,9-13,15H,6,8,26H2,1-2H3,(H,27,29,31). The molecule has 0 aliphatic rings. The molecule has 1 unspecified atom stereocenters. The number of aromatic nitrogens is 6. The van der Waals surface area contributed by atoms with Gasteiger partial charge in [0.05, 0.1) is 23.3 Å². The normalized spacial score (nSPS) is 12.2. The number of fused-ring (bicyclic) bond motifs is 1. The monoisotopic (exact) mass is 490 g/mol. The quantitative estimate of drug-likeness (QED) is 0.305. The van der Waals surface area contributed by atoms with E-state index in [4.69, 9.17) is 22.3 Å². The number of pyridine rings is 1. The average Bonchev–Trinajstić information content (AvgIpc) is 3.49. The van der Waals surface area contributed by atoms with Crippen LogP contribution in [0.25, 0.3) is 31.8 Å². The maximum absolute atomic E-state index is 6.25. The zero-order chi connectivity index (χ0) is 23.7. The van der Waals surface area contributed by atoms with Crippen LogP contribution in [0.3, 0.4) is 0 Å². The topological polar surface area (TPSA) is 107 Å². The fraction of sp³-hybridized carbons (Fsp3) is 0.208. The minimum Gasteiger partial charge on any atom is -0.352 e. The molecule has 34 heavy (non-hydrogen) atoms. The van der Waals surface area contributed by atoms with E-state index in [1.165, 1.54) is 0 Å². The number of rotatable bonds is 7. The smallest absolute Gasteiger partial charge is 0.223 e. The van der Waals surface area contributed by atoms with Gasteiger partial charge in [-0.05, 0) is 48.1 Å². The van der Waals surface area contributed by atoms with Crippen molar-refractivity contribution in [3.63, 3.8) is 0 Å². The predicted molar refractivity (Wildman–Crippen MR) is 137 cm³/mol. The van der Waals surface area contributed by atoms with Gasteiger partial charge < -0.3 is 11.1 Å². The first-order valence-corrected chi connectivity index (χ1v) is 12.0. The second-order valence-electron chi connectivity index (χ2n) is 8.04. The Morgan fingerprint density at radius 2 is 2.06 bits per heavy atom. The van der Waals surface area contributed by atoms with Crippen LogP contribution in [-0.4, -0.2) is 36.5 Å². The van der Waals surface area contributed by atoms with E-state index in [1.54, 1.807) is 28.4 Å². The van der Waals surface area contributed by atoms with Gasteiger partial charge >= 0.3 is 0 Å². The third-order valence-corrected chi connectivity index (χ3v) is 6.92. The van der Waals surface area contributed by atoms with E-state index in [9.17, 15) is 0 Å². The summed E-state index contributed by atoms with van der Waals surface area (Å²) in [6, 6.07) is 10.2. The molecular weight excluding hydrogens is 468 g/mol. The lowest BCUT2D eigenvalue weighted by molar-refractivity contribution is 0.607. The van der Waals surface area contributed by atoms with E-state index >= 15 is 0 Å². The third kappa shape index (κ3) is 4.50. The van der Waals surface area contributed by atoms with Gasteiger partial charge in [0, 0.05) is 41.4 Å². The van der Waals surface area contributed by atoms with Crippen LogP contribution in [0.1, 0.15) is 24.1 Å². The summed E-state index contributed by atoms with van der Waals surface area (Å²) < 4.78 is 2.91. The molecule has 1 atom stereocenters. The molecule has 5 rings (SSSR count). The van der Waals surface area contributed by atoms with Crippen LogP contribution in [-0.2, 0) is 6.54 Å². The molecule has 0 aliphatic carbocycles. The summed E-state index contributed by atoms with van der Waals surface area (Å²) in [7, 11) is 0. The van der Waals surface area contributed by atoms with Crippen molar-refractivity contribution >= 4 is 39.0 Å². The molecule has 0 aliphatic heterocycles. The highest BCUT2D eigenvalue weighted by Gasteiger charge is 2.17. The average molecular weight is 491 g/mol. The number of nitrogens with one attached hydrogen (secondary N) is 1. The van der Waals surface area contributed by atoms with Crippen molar-refractivity contribution in [2.75, 3.05) is 11.9 Å². The summed E-state index contributed by atoms with van der Waals surface area (Å²) in [5.41, 5.74) is 11.2. The highest BCUT2D eigenvalue weighted by atomic mass is 35.5. The van der Waals surface area contributed by atoms with Crippen molar-refractivity contribution in [1.82, 2.24) is 29.9 Å². The number of thiophene rings is 1. The minimum atomic E-state index is -0.162. The van der Waals surface area contributed by atoms with Crippen molar-refractivity contribution in [2.24, 2.45) is 5.73 Å². The van der Waals surface area contributed by atoms with Crippen LogP contribution >= 0.6 is 22.9 Å². The van der Waals surface area contributed by atoms with Gasteiger partial charge in [0.15, 0.2) is 0 Å². The molecule has 0 bridgehead atoms. The first kappa shape index (κ1) is 22.4. The molecule has 172 valence electrons. The van der Waals surface area contributed by atoms with Crippen LogP contribution in [0, 0.1) is 6.92 Å². The fourth-order valence-electron chi connectivity index (χ4n) is 3.84. The van der Waals surface area contributed by atoms with Crippen LogP contribution < -0.4 is 11.1 Å². The number of hydrogen-bond donors (Lipinski definition) is 2. The Morgan fingerprint density at radius 1 is 1.18 bits per heavy atom. The molecule has 1 aromatic carbocycles. The largest absolute Gasteiger partial charge is 0.352 e. The lowest BCUT2D eigenvalue weighted by atomic mass is 9.97. The minimum absolute atomic E-state index is 0.162. The van der Waals surface area contributed by atoms with Crippen molar-refractivity contribution in [3.05, 3.63) is 71.4 Å². The molecule has 0 amide bonds. The number of nitrogens with zero attached hydrogens (tertiary/aromatic N) is 6. The van der Waals surface area contributed by atoms with Gasteiger partial charge in [0.1, 0.15) is 5.15 Å². The number of halogens is 1. The van der Waals surface area contributed by atoms with E-state index in [1.807, 2.05) is 32.3 Å². The Hall–Kier alpha value is -3.40. The van der Waals surface area contributed by atoms with Gasteiger partial charge in [-0.1, -0.05) is 35.0 Å². The highest BCUT2D eigenvalue weighted by molar-refractivity contribution is 7.22. The molecule has 0 radical (unpaired) electrons. The number of aryl methyl sites for hydroxylation is 1. The molecule has 0 spiro atoms. The Kier molecular flexibility index (Phi) is 6.23. The first-order chi connectivity index (χ1) is 16.5. The van der Waals surface area contributed by atoms with Crippen molar-refractivity contribution < 1.29 is 0 Å². The Morgan fingerprint density at radius 3 is 2.85 bits per heavy atom. The molecular formula is C24H23ClN8S. The Balaban J connectivity index is 1.51. The number of nitrogens with two attached hydrogens (primary N) is 1.